The number of nitrogens with zero attached hydrogens (tertiary/aromatic N) is 2. The number of carbonyl (C=O) groups excluding carboxylic acids is 1. The SMILES string of the molecule is COc1ccc(Br)c(NC(=O)c2cnn(C)c2N)c1. The molecule has 0 fully saturated rings. The van der Waals surface area contributed by atoms with Gasteiger partial charge in [0.2, 0.25) is 0 Å². The molecule has 0 aliphatic rings. The lowest BCUT2D eigenvalue weighted by Crippen LogP contribution is -2.14. The van der Waals surface area contributed by atoms with Crippen molar-refractivity contribution in [3.05, 3.63) is 34.4 Å². The fraction of sp³-hybridized carbons (Fsp3) is 0.167. The number of methoxy groups -OCH3 is 1. The standard InChI is InChI=1S/C12H13BrN4O2/c1-17-11(14)8(6-15-17)12(18)16-10-5-7(19-2)3-4-9(10)13/h3-6H,14H2,1-2H3,(H,16,18). The molecule has 2 aromatic rings. The molecule has 2 rings (SSSR count). The van der Waals surface area contributed by atoms with E-state index < -0.39 is 0 Å². The number of benzene rings is 1. The Hall–Kier alpha value is -2.02. The molecule has 7 heteroatoms. The van der Waals surface area contributed by atoms with Crippen molar-refractivity contribution in [2.24, 2.45) is 7.05 Å². The maximum Gasteiger partial charge on any atom is 0.261 e. The quantitative estimate of drug-likeness (QED) is 0.905. The van der Waals surface area contributed by atoms with Crippen LogP contribution in [0.1, 0.15) is 10.4 Å². The number of nitrogens with two attached hydrogens (primary N) is 1. The second kappa shape index (κ2) is 5.31. The molecule has 0 saturated heterocycles. The Morgan fingerprint density at radius 3 is 2.84 bits per heavy atom. The lowest BCUT2D eigenvalue weighted by Gasteiger charge is -2.09. The van der Waals surface area contributed by atoms with Gasteiger partial charge < -0.3 is 15.8 Å². The van der Waals surface area contributed by atoms with Crippen LogP contribution in [0.3, 0.4) is 0 Å². The minimum Gasteiger partial charge on any atom is -0.497 e. The molecule has 3 N–H and O–H groups in total. The van der Waals surface area contributed by atoms with Gasteiger partial charge in [-0.25, -0.2) is 0 Å². The number of halogens is 1. The number of aromatic nitrogens is 2. The number of ether oxygens (including phenoxy) is 1. The second-order valence-electron chi connectivity index (χ2n) is 3.87. The molecular formula is C12H13BrN4O2. The second-order valence-corrected chi connectivity index (χ2v) is 4.72. The van der Waals surface area contributed by atoms with Crippen molar-refractivity contribution < 1.29 is 9.53 Å². The number of nitrogens with one attached hydrogen (secondary N) is 1. The van der Waals surface area contributed by atoms with Gasteiger partial charge in [0, 0.05) is 17.6 Å². The summed E-state index contributed by atoms with van der Waals surface area (Å²) >= 11 is 3.36. The topological polar surface area (TPSA) is 82.2 Å². The Balaban J connectivity index is 2.26. The summed E-state index contributed by atoms with van der Waals surface area (Å²) in [7, 11) is 3.24. The monoisotopic (exact) mass is 324 g/mol. The third kappa shape index (κ3) is 2.70. The van der Waals surface area contributed by atoms with Crippen molar-refractivity contribution in [3.8, 4) is 5.75 Å². The van der Waals surface area contributed by atoms with E-state index in [4.69, 9.17) is 10.5 Å². The molecule has 0 bridgehead atoms. The molecule has 6 nitrogen and oxygen atoms in total. The van der Waals surface area contributed by atoms with E-state index in [-0.39, 0.29) is 5.91 Å². The first-order valence-electron chi connectivity index (χ1n) is 5.45. The predicted octanol–water partition coefficient (Wildman–Crippen LogP) is 2.03. The van der Waals surface area contributed by atoms with E-state index in [9.17, 15) is 4.79 Å². The first kappa shape index (κ1) is 13.4. The highest BCUT2D eigenvalue weighted by molar-refractivity contribution is 9.10. The first-order chi connectivity index (χ1) is 9.02. The Morgan fingerprint density at radius 1 is 1.53 bits per heavy atom. The number of carbonyl (C=O) groups is 1. The number of amides is 1. The van der Waals surface area contributed by atoms with E-state index in [2.05, 4.69) is 26.3 Å². The van der Waals surface area contributed by atoms with E-state index >= 15 is 0 Å². The Kier molecular flexibility index (Phi) is 3.75. The fourth-order valence-corrected chi connectivity index (χ4v) is 1.88. The van der Waals surface area contributed by atoms with E-state index in [1.165, 1.54) is 10.9 Å². The number of aryl methyl sites for hydroxylation is 1. The smallest absolute Gasteiger partial charge is 0.261 e. The van der Waals surface area contributed by atoms with E-state index in [0.29, 0.717) is 22.8 Å². The normalized spacial score (nSPS) is 10.3. The van der Waals surface area contributed by atoms with Crippen LogP contribution in [0.25, 0.3) is 0 Å². The van der Waals surface area contributed by atoms with Gasteiger partial charge in [-0.3, -0.25) is 9.48 Å². The molecule has 1 aromatic carbocycles. The third-order valence-electron chi connectivity index (χ3n) is 2.65. The van der Waals surface area contributed by atoms with Crippen molar-refractivity contribution in [1.29, 1.82) is 0 Å². The van der Waals surface area contributed by atoms with E-state index in [0.717, 1.165) is 4.47 Å². The van der Waals surface area contributed by atoms with Crippen molar-refractivity contribution in [2.75, 3.05) is 18.2 Å². The molecule has 0 unspecified atom stereocenters. The van der Waals surface area contributed by atoms with Gasteiger partial charge >= 0.3 is 0 Å². The van der Waals surface area contributed by atoms with Crippen molar-refractivity contribution in [2.45, 2.75) is 0 Å². The predicted molar refractivity (Wildman–Crippen MR) is 76.3 cm³/mol. The Bertz CT molecular complexity index is 624. The largest absolute Gasteiger partial charge is 0.497 e. The van der Waals surface area contributed by atoms with Crippen LogP contribution in [0.2, 0.25) is 0 Å². The summed E-state index contributed by atoms with van der Waals surface area (Å²) in [5, 5.41) is 6.69. The summed E-state index contributed by atoms with van der Waals surface area (Å²) in [6.07, 6.45) is 1.43. The molecule has 19 heavy (non-hydrogen) atoms. The minimum absolute atomic E-state index is 0.316. The van der Waals surface area contributed by atoms with Gasteiger partial charge in [0.25, 0.3) is 5.91 Å². The van der Waals surface area contributed by atoms with Crippen LogP contribution >= 0.6 is 15.9 Å². The highest BCUT2D eigenvalue weighted by Crippen LogP contribution is 2.27. The highest BCUT2D eigenvalue weighted by atomic mass is 79.9. The molecule has 1 heterocycles. The molecule has 0 atom stereocenters. The van der Waals surface area contributed by atoms with Crippen molar-refractivity contribution in [3.63, 3.8) is 0 Å². The van der Waals surface area contributed by atoms with E-state index in [1.807, 2.05) is 0 Å². The summed E-state index contributed by atoms with van der Waals surface area (Å²) in [5.41, 5.74) is 6.69. The van der Waals surface area contributed by atoms with Gasteiger partial charge in [-0.15, -0.1) is 0 Å². The lowest BCUT2D eigenvalue weighted by atomic mass is 10.2. The van der Waals surface area contributed by atoms with Gasteiger partial charge in [-0.2, -0.15) is 5.10 Å². The van der Waals surface area contributed by atoms with Gasteiger partial charge in [-0.1, -0.05) is 0 Å². The van der Waals surface area contributed by atoms with Crippen LogP contribution in [-0.4, -0.2) is 22.8 Å². The molecule has 1 amide bonds. The van der Waals surface area contributed by atoms with Crippen LogP contribution in [0.5, 0.6) is 5.75 Å². The maximum absolute atomic E-state index is 12.1. The van der Waals surface area contributed by atoms with Crippen LogP contribution in [0, 0.1) is 0 Å². The van der Waals surface area contributed by atoms with Gasteiger partial charge in [0.15, 0.2) is 0 Å². The zero-order valence-corrected chi connectivity index (χ0v) is 12.1. The fourth-order valence-electron chi connectivity index (χ4n) is 1.54. The first-order valence-corrected chi connectivity index (χ1v) is 6.24. The van der Waals surface area contributed by atoms with Crippen molar-refractivity contribution >= 4 is 33.3 Å². The summed E-state index contributed by atoms with van der Waals surface area (Å²) in [5.74, 6) is 0.647. The summed E-state index contributed by atoms with van der Waals surface area (Å²) in [4.78, 5) is 12.1. The summed E-state index contributed by atoms with van der Waals surface area (Å²) < 4.78 is 7.31. The van der Waals surface area contributed by atoms with Crippen LogP contribution in [0.4, 0.5) is 11.5 Å². The molecule has 100 valence electrons. The zero-order valence-electron chi connectivity index (χ0n) is 10.5. The number of hydrogen-bond acceptors (Lipinski definition) is 4. The highest BCUT2D eigenvalue weighted by Gasteiger charge is 2.15. The van der Waals surface area contributed by atoms with E-state index in [1.54, 1.807) is 32.4 Å². The summed E-state index contributed by atoms with van der Waals surface area (Å²) in [6, 6.07) is 5.30. The Labute approximate surface area is 118 Å². The van der Waals surface area contributed by atoms with Crippen LogP contribution in [0.15, 0.2) is 28.9 Å². The average Bonchev–Trinajstić information content (AvgIpc) is 2.73. The number of nitrogen functional groups attached to an aromatic ring is 1. The van der Waals surface area contributed by atoms with Gasteiger partial charge in [0.05, 0.1) is 19.0 Å². The molecular weight excluding hydrogens is 312 g/mol. The minimum atomic E-state index is -0.320. The molecule has 0 radical (unpaired) electrons. The number of anilines is 2. The van der Waals surface area contributed by atoms with Crippen LogP contribution in [-0.2, 0) is 7.05 Å². The zero-order chi connectivity index (χ0) is 14.0. The number of hydrogen-bond donors (Lipinski definition) is 2. The maximum atomic E-state index is 12.1. The van der Waals surface area contributed by atoms with Crippen LogP contribution < -0.4 is 15.8 Å². The van der Waals surface area contributed by atoms with Gasteiger partial charge in [0.1, 0.15) is 17.1 Å². The molecule has 0 spiro atoms. The molecule has 0 saturated carbocycles. The molecule has 0 aliphatic heterocycles. The van der Waals surface area contributed by atoms with Crippen molar-refractivity contribution in [1.82, 2.24) is 9.78 Å². The lowest BCUT2D eigenvalue weighted by molar-refractivity contribution is 0.102. The molecule has 0 aliphatic carbocycles. The van der Waals surface area contributed by atoms with Gasteiger partial charge in [-0.05, 0) is 28.1 Å². The average molecular weight is 325 g/mol. The molecule has 1 aromatic heterocycles. The summed E-state index contributed by atoms with van der Waals surface area (Å²) in [6.45, 7) is 0. The number of rotatable bonds is 3. The Morgan fingerprint density at radius 2 is 2.26 bits per heavy atom. The third-order valence-corrected chi connectivity index (χ3v) is 3.34.